The molecule has 0 saturated heterocycles. The molecule has 0 unspecified atom stereocenters. The molecule has 302 valence electrons. The van der Waals surface area contributed by atoms with Crippen molar-refractivity contribution in [2.45, 2.75) is 77.9 Å². The summed E-state index contributed by atoms with van der Waals surface area (Å²) in [4.78, 5) is 79.1. The third kappa shape index (κ3) is 17.7. The Balaban J connectivity index is 0.000000268. The largest absolute Gasteiger partial charge is 0.501 e. The lowest BCUT2D eigenvalue weighted by Gasteiger charge is -2.04. The maximum atomic E-state index is 11.4. The van der Waals surface area contributed by atoms with Gasteiger partial charge in [-0.1, -0.05) is 38.8 Å². The zero-order valence-electron chi connectivity index (χ0n) is 31.3. The molecular formula is C36H51N7O12. The number of nitrogens with one attached hydrogen (secondary N) is 4. The number of nitro groups is 1. The molecule has 0 aliphatic heterocycles. The van der Waals surface area contributed by atoms with Crippen molar-refractivity contribution in [3.05, 3.63) is 92.2 Å². The summed E-state index contributed by atoms with van der Waals surface area (Å²) in [5, 5.41) is 26.3. The number of hydrogen-bond donors (Lipinski definition) is 6. The molecular weight excluding hydrogens is 722 g/mol. The molecule has 19 heteroatoms. The number of aromatic nitrogens is 2. The Hall–Kier alpha value is -5.82. The van der Waals surface area contributed by atoms with Gasteiger partial charge in [0.25, 0.3) is 17.4 Å². The van der Waals surface area contributed by atoms with Crippen molar-refractivity contribution in [3.63, 3.8) is 0 Å². The Bertz CT molecular complexity index is 1760. The number of rotatable bonds is 13. The number of hydrogen-bond acceptors (Lipinski definition) is 13. The summed E-state index contributed by atoms with van der Waals surface area (Å²) >= 11 is 0. The third-order valence-electron chi connectivity index (χ3n) is 8.28. The maximum absolute atomic E-state index is 11.4. The lowest BCUT2D eigenvalue weighted by molar-refractivity contribution is -0.385. The highest BCUT2D eigenvalue weighted by Gasteiger charge is 2.38. The molecule has 7 N–H and O–H groups in total. The van der Waals surface area contributed by atoms with E-state index in [1.165, 1.54) is 66.3 Å². The third-order valence-corrected chi connectivity index (χ3v) is 8.28. The minimum Gasteiger partial charge on any atom is -0.501 e. The first-order valence-corrected chi connectivity index (χ1v) is 17.9. The molecule has 3 aliphatic carbocycles. The number of aliphatic hydroxyl groups excluding tert-OH is 1. The van der Waals surface area contributed by atoms with Gasteiger partial charge in [0, 0.05) is 61.1 Å². The van der Waals surface area contributed by atoms with Gasteiger partial charge in [-0.25, -0.2) is 14.4 Å². The van der Waals surface area contributed by atoms with Crippen LogP contribution in [0, 0.1) is 27.9 Å². The van der Waals surface area contributed by atoms with Crippen LogP contribution >= 0.6 is 0 Å². The van der Waals surface area contributed by atoms with Gasteiger partial charge in [0.2, 0.25) is 5.75 Å². The number of aliphatic hydroxyl groups is 1. The Morgan fingerprint density at radius 2 is 1.53 bits per heavy atom. The molecule has 1 aromatic carbocycles. The summed E-state index contributed by atoms with van der Waals surface area (Å²) in [5.74, 6) is 0.131. The second-order valence-electron chi connectivity index (χ2n) is 12.4. The lowest BCUT2D eigenvalue weighted by atomic mass is 10.3. The van der Waals surface area contributed by atoms with E-state index < -0.39 is 34.6 Å². The van der Waals surface area contributed by atoms with Gasteiger partial charge in [0.1, 0.15) is 0 Å². The molecule has 1 heterocycles. The number of imide groups is 2. The quantitative estimate of drug-likeness (QED) is 0.0740. The fraction of sp³-hybridized carbons (Fsp3) is 0.500. The smallest absolute Gasteiger partial charge is 0.419 e. The number of nitrogens with zero attached hydrogens (tertiary/aromatic N) is 2. The van der Waals surface area contributed by atoms with Crippen molar-refractivity contribution >= 4 is 29.6 Å². The van der Waals surface area contributed by atoms with E-state index in [1.54, 1.807) is 6.92 Å². The molecule has 19 nitrogen and oxygen atoms in total. The second-order valence-corrected chi connectivity index (χ2v) is 12.4. The van der Waals surface area contributed by atoms with E-state index >= 15 is 0 Å². The van der Waals surface area contributed by atoms with Crippen LogP contribution in [0.15, 0.2) is 70.8 Å². The number of H-pyrrole nitrogens is 1. The normalized spacial score (nSPS) is 21.1. The van der Waals surface area contributed by atoms with Gasteiger partial charge in [0.15, 0.2) is 0 Å². The van der Waals surface area contributed by atoms with Gasteiger partial charge in [-0.2, -0.15) is 0 Å². The molecule has 5 amide bonds. The van der Waals surface area contributed by atoms with Crippen molar-refractivity contribution in [1.82, 2.24) is 25.5 Å². The molecule has 3 saturated carbocycles. The summed E-state index contributed by atoms with van der Waals surface area (Å²) in [6.07, 6.45) is 10.3. The Morgan fingerprint density at radius 3 is 2.00 bits per heavy atom. The Morgan fingerprint density at radius 1 is 0.927 bits per heavy atom. The highest BCUT2D eigenvalue weighted by Crippen LogP contribution is 2.41. The maximum Gasteiger partial charge on any atom is 0.419 e. The predicted octanol–water partition coefficient (Wildman–Crippen LogP) is 2.75. The fourth-order valence-electron chi connectivity index (χ4n) is 4.81. The lowest BCUT2D eigenvalue weighted by Crippen LogP contribution is -2.40. The predicted molar refractivity (Wildman–Crippen MR) is 200 cm³/mol. The van der Waals surface area contributed by atoms with E-state index in [0.29, 0.717) is 25.2 Å². The molecule has 55 heavy (non-hydrogen) atoms. The van der Waals surface area contributed by atoms with Crippen molar-refractivity contribution in [2.24, 2.45) is 23.5 Å². The van der Waals surface area contributed by atoms with E-state index in [1.807, 2.05) is 12.2 Å². The van der Waals surface area contributed by atoms with Gasteiger partial charge in [-0.05, 0) is 51.0 Å². The van der Waals surface area contributed by atoms with Crippen molar-refractivity contribution in [2.75, 3.05) is 19.8 Å². The molecule has 1 aromatic heterocycles. The molecule has 3 fully saturated rings. The first kappa shape index (κ1) is 45.3. The van der Waals surface area contributed by atoms with Gasteiger partial charge >= 0.3 is 23.5 Å². The van der Waals surface area contributed by atoms with Crippen molar-refractivity contribution < 1.29 is 43.4 Å². The fourth-order valence-corrected chi connectivity index (χ4v) is 4.81. The zero-order valence-corrected chi connectivity index (χ0v) is 31.3. The number of urea groups is 1. The number of para-hydroxylation sites is 2. The van der Waals surface area contributed by atoms with E-state index in [2.05, 4.69) is 29.5 Å². The number of ether oxygens (including phenoxy) is 3. The molecule has 3 aliphatic rings. The van der Waals surface area contributed by atoms with E-state index in [4.69, 9.17) is 25.1 Å². The first-order chi connectivity index (χ1) is 26.3. The Kier molecular flexibility index (Phi) is 19.6. The van der Waals surface area contributed by atoms with Gasteiger partial charge in [0.05, 0.1) is 30.7 Å². The minimum absolute atomic E-state index is 0.0642. The van der Waals surface area contributed by atoms with Gasteiger partial charge in [-0.3, -0.25) is 44.7 Å². The summed E-state index contributed by atoms with van der Waals surface area (Å²) in [5.41, 5.74) is 4.32. The van der Waals surface area contributed by atoms with Crippen LogP contribution in [0.3, 0.4) is 0 Å². The van der Waals surface area contributed by atoms with Gasteiger partial charge < -0.3 is 30.4 Å². The monoisotopic (exact) mass is 773 g/mol. The van der Waals surface area contributed by atoms with Crippen LogP contribution in [0.25, 0.3) is 0 Å². The van der Waals surface area contributed by atoms with E-state index in [9.17, 15) is 38.9 Å². The zero-order chi connectivity index (χ0) is 40.9. The number of nitrogens with two attached hydrogens (primary N) is 1. The summed E-state index contributed by atoms with van der Waals surface area (Å²) < 4.78 is 15.8. The molecule has 2 aromatic rings. The summed E-state index contributed by atoms with van der Waals surface area (Å²) in [7, 11) is 0. The van der Waals surface area contributed by atoms with Crippen molar-refractivity contribution in [3.8, 4) is 5.75 Å². The SMILES string of the molecule is CCO/C=C/C(=O)NC(=O)N[C@@H]1C[C@H]1CC.CCO/C=C/C(=O)NC(=O)Oc1ccccc1[N+](=O)[O-].CC[C@@H]1C[C@H]1N.O=c1ccn([C@@H]2C[C@H]2CO)c(=O)[nH]1. The van der Waals surface area contributed by atoms with E-state index in [-0.39, 0.29) is 41.6 Å². The van der Waals surface area contributed by atoms with Gasteiger partial charge in [-0.15, -0.1) is 0 Å². The summed E-state index contributed by atoms with van der Waals surface area (Å²) in [6, 6.07) is 7.06. The van der Waals surface area contributed by atoms with Crippen LogP contribution in [0.5, 0.6) is 5.75 Å². The highest BCUT2D eigenvalue weighted by molar-refractivity contribution is 6.00. The van der Waals surface area contributed by atoms with Crippen LogP contribution < -0.4 is 37.7 Å². The molecule has 6 atom stereocenters. The van der Waals surface area contributed by atoms with Crippen LogP contribution in [0.2, 0.25) is 0 Å². The topological polar surface area (TPSA) is 276 Å². The minimum atomic E-state index is -1.12. The summed E-state index contributed by atoms with van der Waals surface area (Å²) in [6.45, 7) is 8.78. The number of benzene rings is 1. The van der Waals surface area contributed by atoms with Crippen LogP contribution in [-0.2, 0) is 19.1 Å². The molecule has 0 radical (unpaired) electrons. The number of carbonyl (C=O) groups is 4. The van der Waals surface area contributed by atoms with Crippen LogP contribution in [0.1, 0.15) is 65.8 Å². The van der Waals surface area contributed by atoms with Crippen LogP contribution in [-0.4, -0.2) is 75.4 Å². The van der Waals surface area contributed by atoms with Crippen LogP contribution in [0.4, 0.5) is 15.3 Å². The Labute approximate surface area is 317 Å². The molecule has 0 bridgehead atoms. The second kappa shape index (κ2) is 23.8. The number of amides is 5. The average Bonchev–Trinajstić information content (AvgIpc) is 4.07. The average molecular weight is 774 g/mol. The number of nitro benzene ring substituents is 1. The first-order valence-electron chi connectivity index (χ1n) is 17.9. The van der Waals surface area contributed by atoms with Crippen molar-refractivity contribution in [1.29, 1.82) is 0 Å². The standard InChI is InChI=1S/C12H12N2O6.C11H18N2O3.C8H10N2O3.C5H11N/c1-2-19-8-7-11(15)13-12(16)20-10-6-4-3-5-9(10)14(17)18;1-3-8-7-9(8)12-11(15)13-10(14)5-6-16-4-2;11-4-5-3-6(5)10-2-1-7(12)9-8(10)13;1-2-4-3-5(4)6/h3-8H,2H2,1H3,(H,13,15,16);5-6,8-9H,3-4,7H2,1-2H3,(H2,12,13,14,15);1-2,5-6,11H,3-4H2,(H,9,12,13);4-5H,2-3,6H2,1H3/b8-7+;6-5+;;/t;8-,9-;5-,6+;4-,5-/m.101/s1. The molecule has 5 rings (SSSR count). The van der Waals surface area contributed by atoms with E-state index in [0.717, 1.165) is 37.5 Å². The number of carbonyl (C=O) groups excluding carboxylic acids is 4. The highest BCUT2D eigenvalue weighted by atomic mass is 16.6. The number of aromatic amines is 1. The molecule has 0 spiro atoms.